The molecule has 0 amide bonds. The number of hydrogen-bond acceptors (Lipinski definition) is 4. The maximum atomic E-state index is 11.9. The first kappa shape index (κ1) is 15.8. The third-order valence-electron chi connectivity index (χ3n) is 2.48. The van der Waals surface area contributed by atoms with E-state index in [1.165, 1.54) is 6.07 Å². The standard InChI is InChI=1S/C13H23N3O2S/c1-5-16-19(17,18)10-6-7-11(14)12(8-10)15-9-13(2,3)4/h6-8,15-16H,5,9,14H2,1-4H3. The zero-order valence-corrected chi connectivity index (χ0v) is 12.8. The number of nitrogens with one attached hydrogen (secondary N) is 2. The molecule has 108 valence electrons. The van der Waals surface area contributed by atoms with Crippen LogP contribution in [-0.4, -0.2) is 21.5 Å². The van der Waals surface area contributed by atoms with E-state index in [9.17, 15) is 8.42 Å². The molecule has 0 aliphatic rings. The molecule has 0 fully saturated rings. The van der Waals surface area contributed by atoms with Gasteiger partial charge >= 0.3 is 0 Å². The maximum Gasteiger partial charge on any atom is 0.240 e. The van der Waals surface area contributed by atoms with Crippen LogP contribution in [0.3, 0.4) is 0 Å². The molecule has 0 saturated heterocycles. The molecular weight excluding hydrogens is 262 g/mol. The second-order valence-electron chi connectivity index (χ2n) is 5.66. The van der Waals surface area contributed by atoms with Crippen LogP contribution in [0.4, 0.5) is 11.4 Å². The molecule has 0 unspecified atom stereocenters. The van der Waals surface area contributed by atoms with Crippen molar-refractivity contribution >= 4 is 21.4 Å². The Hall–Kier alpha value is -1.27. The Balaban J connectivity index is 3.01. The van der Waals surface area contributed by atoms with Crippen molar-refractivity contribution in [2.45, 2.75) is 32.6 Å². The van der Waals surface area contributed by atoms with E-state index in [1.807, 2.05) is 0 Å². The van der Waals surface area contributed by atoms with Gasteiger partial charge in [0.1, 0.15) is 0 Å². The Kier molecular flexibility index (Phi) is 4.81. The fourth-order valence-corrected chi connectivity index (χ4v) is 2.56. The van der Waals surface area contributed by atoms with Crippen molar-refractivity contribution in [3.8, 4) is 0 Å². The van der Waals surface area contributed by atoms with Gasteiger partial charge in [-0.1, -0.05) is 27.7 Å². The number of benzene rings is 1. The molecule has 0 aromatic heterocycles. The summed E-state index contributed by atoms with van der Waals surface area (Å²) in [5.74, 6) is 0. The summed E-state index contributed by atoms with van der Waals surface area (Å²) in [5, 5.41) is 3.19. The van der Waals surface area contributed by atoms with Crippen LogP contribution < -0.4 is 15.8 Å². The van der Waals surface area contributed by atoms with Crippen LogP contribution >= 0.6 is 0 Å². The summed E-state index contributed by atoms with van der Waals surface area (Å²) >= 11 is 0. The van der Waals surface area contributed by atoms with Gasteiger partial charge in [0.05, 0.1) is 16.3 Å². The number of nitrogen functional groups attached to an aromatic ring is 1. The van der Waals surface area contributed by atoms with Crippen LogP contribution in [0, 0.1) is 5.41 Å². The van der Waals surface area contributed by atoms with Crippen LogP contribution in [-0.2, 0) is 10.0 Å². The van der Waals surface area contributed by atoms with E-state index in [4.69, 9.17) is 5.73 Å². The molecule has 0 bridgehead atoms. The highest BCUT2D eigenvalue weighted by molar-refractivity contribution is 7.89. The minimum atomic E-state index is -3.45. The summed E-state index contributed by atoms with van der Waals surface area (Å²) in [5.41, 5.74) is 7.13. The quantitative estimate of drug-likeness (QED) is 0.723. The van der Waals surface area contributed by atoms with E-state index in [1.54, 1.807) is 19.1 Å². The van der Waals surface area contributed by atoms with Gasteiger partial charge in [0.25, 0.3) is 0 Å². The lowest BCUT2D eigenvalue weighted by Gasteiger charge is -2.20. The summed E-state index contributed by atoms with van der Waals surface area (Å²) < 4.78 is 26.3. The van der Waals surface area contributed by atoms with E-state index in [2.05, 4.69) is 30.8 Å². The molecule has 0 spiro atoms. The van der Waals surface area contributed by atoms with Crippen molar-refractivity contribution in [3.63, 3.8) is 0 Å². The molecule has 4 N–H and O–H groups in total. The monoisotopic (exact) mass is 285 g/mol. The van der Waals surface area contributed by atoms with Gasteiger partial charge in [-0.05, 0) is 23.6 Å². The zero-order chi connectivity index (χ0) is 14.7. The summed E-state index contributed by atoms with van der Waals surface area (Å²) in [6, 6.07) is 4.68. The van der Waals surface area contributed by atoms with Crippen LogP contribution in [0.15, 0.2) is 23.1 Å². The molecule has 0 atom stereocenters. The predicted octanol–water partition coefficient (Wildman–Crippen LogP) is 2.02. The molecule has 0 heterocycles. The van der Waals surface area contributed by atoms with Crippen molar-refractivity contribution < 1.29 is 8.42 Å². The normalized spacial score (nSPS) is 12.4. The van der Waals surface area contributed by atoms with Gasteiger partial charge in [0.2, 0.25) is 10.0 Å². The number of hydrogen-bond donors (Lipinski definition) is 3. The van der Waals surface area contributed by atoms with Gasteiger partial charge in [0, 0.05) is 13.1 Å². The number of rotatable bonds is 5. The average molecular weight is 285 g/mol. The molecule has 0 aliphatic heterocycles. The summed E-state index contributed by atoms with van der Waals surface area (Å²) in [4.78, 5) is 0.222. The molecule has 6 heteroatoms. The first-order valence-electron chi connectivity index (χ1n) is 6.29. The zero-order valence-electron chi connectivity index (χ0n) is 11.9. The molecule has 19 heavy (non-hydrogen) atoms. The first-order valence-corrected chi connectivity index (χ1v) is 7.77. The highest BCUT2D eigenvalue weighted by Gasteiger charge is 2.15. The van der Waals surface area contributed by atoms with Crippen molar-refractivity contribution in [1.29, 1.82) is 0 Å². The van der Waals surface area contributed by atoms with Gasteiger partial charge in [-0.2, -0.15) is 0 Å². The topological polar surface area (TPSA) is 84.2 Å². The SMILES string of the molecule is CCNS(=O)(=O)c1ccc(N)c(NCC(C)(C)C)c1. The van der Waals surface area contributed by atoms with Crippen LogP contribution in [0.1, 0.15) is 27.7 Å². The first-order chi connectivity index (χ1) is 8.65. The highest BCUT2D eigenvalue weighted by atomic mass is 32.2. The lowest BCUT2D eigenvalue weighted by atomic mass is 9.97. The predicted molar refractivity (Wildman–Crippen MR) is 79.7 cm³/mol. The maximum absolute atomic E-state index is 11.9. The molecule has 1 aromatic carbocycles. The number of anilines is 2. The molecule has 1 aromatic rings. The number of nitrogens with two attached hydrogens (primary N) is 1. The lowest BCUT2D eigenvalue weighted by molar-refractivity contribution is 0.443. The fourth-order valence-electron chi connectivity index (χ4n) is 1.49. The third-order valence-corrected chi connectivity index (χ3v) is 4.02. The Bertz CT molecular complexity index is 533. The van der Waals surface area contributed by atoms with Gasteiger partial charge in [0.15, 0.2) is 0 Å². The van der Waals surface area contributed by atoms with E-state index < -0.39 is 10.0 Å². The number of sulfonamides is 1. The molecule has 5 nitrogen and oxygen atoms in total. The van der Waals surface area contributed by atoms with Crippen molar-refractivity contribution in [2.75, 3.05) is 24.1 Å². The Morgan fingerprint density at radius 1 is 1.26 bits per heavy atom. The molecule has 0 radical (unpaired) electrons. The fraction of sp³-hybridized carbons (Fsp3) is 0.538. The molecular formula is C13H23N3O2S. The Morgan fingerprint density at radius 2 is 1.89 bits per heavy atom. The van der Waals surface area contributed by atoms with E-state index in [0.29, 0.717) is 24.5 Å². The summed E-state index contributed by atoms with van der Waals surface area (Å²) in [7, 11) is -3.45. The lowest BCUT2D eigenvalue weighted by Crippen LogP contribution is -2.24. The smallest absolute Gasteiger partial charge is 0.240 e. The van der Waals surface area contributed by atoms with Crippen molar-refractivity contribution in [2.24, 2.45) is 5.41 Å². The molecule has 0 saturated carbocycles. The van der Waals surface area contributed by atoms with Crippen LogP contribution in [0.5, 0.6) is 0 Å². The minimum Gasteiger partial charge on any atom is -0.397 e. The largest absolute Gasteiger partial charge is 0.397 e. The highest BCUT2D eigenvalue weighted by Crippen LogP contribution is 2.24. The average Bonchev–Trinajstić information content (AvgIpc) is 2.26. The molecule has 1 rings (SSSR count). The van der Waals surface area contributed by atoms with Gasteiger partial charge < -0.3 is 11.1 Å². The van der Waals surface area contributed by atoms with Gasteiger partial charge in [-0.3, -0.25) is 0 Å². The van der Waals surface area contributed by atoms with Crippen LogP contribution in [0.2, 0.25) is 0 Å². The Labute approximate surface area is 115 Å². The van der Waals surface area contributed by atoms with Crippen LogP contribution in [0.25, 0.3) is 0 Å². The van der Waals surface area contributed by atoms with E-state index >= 15 is 0 Å². The third kappa shape index (κ3) is 4.72. The summed E-state index contributed by atoms with van der Waals surface area (Å²) in [6.45, 7) is 9.09. The van der Waals surface area contributed by atoms with E-state index in [-0.39, 0.29) is 10.3 Å². The molecule has 0 aliphatic carbocycles. The van der Waals surface area contributed by atoms with E-state index in [0.717, 1.165) is 0 Å². The van der Waals surface area contributed by atoms with Gasteiger partial charge in [-0.25, -0.2) is 13.1 Å². The minimum absolute atomic E-state index is 0.0863. The van der Waals surface area contributed by atoms with Gasteiger partial charge in [-0.15, -0.1) is 0 Å². The van der Waals surface area contributed by atoms with Crippen molar-refractivity contribution in [3.05, 3.63) is 18.2 Å². The second-order valence-corrected chi connectivity index (χ2v) is 7.43. The second kappa shape index (κ2) is 5.79. The Morgan fingerprint density at radius 3 is 2.42 bits per heavy atom. The van der Waals surface area contributed by atoms with Crippen molar-refractivity contribution in [1.82, 2.24) is 4.72 Å². The summed E-state index contributed by atoms with van der Waals surface area (Å²) in [6.07, 6.45) is 0.